The highest BCUT2D eigenvalue weighted by Crippen LogP contribution is 2.25. The molecule has 0 spiro atoms. The van der Waals surface area contributed by atoms with E-state index in [9.17, 15) is 4.79 Å². The quantitative estimate of drug-likeness (QED) is 0.908. The van der Waals surface area contributed by atoms with Crippen LogP contribution in [0.4, 0.5) is 4.79 Å². The molecule has 2 heterocycles. The van der Waals surface area contributed by atoms with Crippen LogP contribution in [0.1, 0.15) is 39.2 Å². The molecule has 1 amide bonds. The minimum atomic E-state index is -0.454. The number of aromatic nitrogens is 1. The molecule has 5 nitrogen and oxygen atoms in total. The summed E-state index contributed by atoms with van der Waals surface area (Å²) in [7, 11) is 0. The molecule has 1 fully saturated rings. The number of likely N-dealkylation sites (tertiary alicyclic amines) is 1. The summed E-state index contributed by atoms with van der Waals surface area (Å²) in [6.45, 7) is 6.93. The molecule has 2 rings (SSSR count). The zero-order valence-electron chi connectivity index (χ0n) is 13.1. The Labute approximate surface area is 126 Å². The topological polar surface area (TPSA) is 68.5 Å². The lowest BCUT2D eigenvalue weighted by Gasteiger charge is -2.39. The molecule has 0 atom stereocenters. The van der Waals surface area contributed by atoms with Crippen molar-refractivity contribution in [3.8, 4) is 0 Å². The van der Waals surface area contributed by atoms with Crippen molar-refractivity contribution >= 4 is 6.09 Å². The lowest BCUT2D eigenvalue weighted by molar-refractivity contribution is 0.0169. The first-order chi connectivity index (χ1) is 9.77. The van der Waals surface area contributed by atoms with Crippen LogP contribution in [0, 0.1) is 0 Å². The third kappa shape index (κ3) is 4.70. The van der Waals surface area contributed by atoms with Crippen molar-refractivity contribution in [3.05, 3.63) is 30.1 Å². The molecule has 0 aromatic carbocycles. The van der Waals surface area contributed by atoms with Crippen molar-refractivity contribution in [1.82, 2.24) is 9.88 Å². The number of hydrogen-bond acceptors (Lipinski definition) is 4. The van der Waals surface area contributed by atoms with Gasteiger partial charge in [-0.3, -0.25) is 4.98 Å². The van der Waals surface area contributed by atoms with Gasteiger partial charge in [-0.2, -0.15) is 0 Å². The fraction of sp³-hybridized carbons (Fsp3) is 0.625. The highest BCUT2D eigenvalue weighted by Gasteiger charge is 2.34. The zero-order chi connectivity index (χ0) is 15.5. The van der Waals surface area contributed by atoms with Crippen LogP contribution >= 0.6 is 0 Å². The average Bonchev–Trinajstić information content (AvgIpc) is 2.38. The molecule has 1 aliphatic rings. The lowest BCUT2D eigenvalue weighted by atomic mass is 9.83. The molecular weight excluding hydrogens is 266 g/mol. The summed E-state index contributed by atoms with van der Waals surface area (Å²) in [4.78, 5) is 17.9. The van der Waals surface area contributed by atoms with Gasteiger partial charge in [0.05, 0.1) is 0 Å². The van der Waals surface area contributed by atoms with Crippen LogP contribution < -0.4 is 5.73 Å². The van der Waals surface area contributed by atoms with Crippen molar-refractivity contribution < 1.29 is 9.53 Å². The van der Waals surface area contributed by atoms with Gasteiger partial charge >= 0.3 is 6.09 Å². The number of carbonyl (C=O) groups is 1. The second-order valence-corrected chi connectivity index (χ2v) is 6.87. The Morgan fingerprint density at radius 1 is 1.43 bits per heavy atom. The minimum absolute atomic E-state index is 0.245. The number of nitrogens with zero attached hydrogens (tertiary/aromatic N) is 2. The highest BCUT2D eigenvalue weighted by molar-refractivity contribution is 5.68. The first-order valence-corrected chi connectivity index (χ1v) is 7.43. The Balaban J connectivity index is 1.89. The summed E-state index contributed by atoms with van der Waals surface area (Å²) in [5.74, 6) is 0. The van der Waals surface area contributed by atoms with Gasteiger partial charge in [0.25, 0.3) is 0 Å². The Morgan fingerprint density at radius 3 is 2.62 bits per heavy atom. The van der Waals surface area contributed by atoms with Crippen molar-refractivity contribution in [2.75, 3.05) is 13.1 Å². The summed E-state index contributed by atoms with van der Waals surface area (Å²) < 4.78 is 5.40. The molecule has 0 unspecified atom stereocenters. The van der Waals surface area contributed by atoms with E-state index in [4.69, 9.17) is 10.5 Å². The van der Waals surface area contributed by atoms with E-state index in [1.165, 1.54) is 0 Å². The van der Waals surface area contributed by atoms with Gasteiger partial charge in [0.2, 0.25) is 0 Å². The predicted molar refractivity (Wildman–Crippen MR) is 81.9 cm³/mol. The Kier molecular flexibility index (Phi) is 4.52. The van der Waals surface area contributed by atoms with Crippen LogP contribution in [0.5, 0.6) is 0 Å². The average molecular weight is 291 g/mol. The molecule has 116 valence electrons. The van der Waals surface area contributed by atoms with Crippen LogP contribution in [-0.2, 0) is 11.2 Å². The van der Waals surface area contributed by atoms with E-state index in [1.54, 1.807) is 11.1 Å². The van der Waals surface area contributed by atoms with Crippen molar-refractivity contribution in [1.29, 1.82) is 0 Å². The Morgan fingerprint density at radius 2 is 2.10 bits per heavy atom. The number of rotatable bonds is 2. The molecular formula is C16H25N3O2. The van der Waals surface area contributed by atoms with E-state index in [-0.39, 0.29) is 11.6 Å². The maximum atomic E-state index is 12.0. The smallest absolute Gasteiger partial charge is 0.410 e. The monoisotopic (exact) mass is 291 g/mol. The first-order valence-electron chi connectivity index (χ1n) is 7.43. The van der Waals surface area contributed by atoms with Crippen molar-refractivity contribution in [3.63, 3.8) is 0 Å². The molecule has 1 aromatic rings. The molecule has 0 saturated carbocycles. The molecule has 0 radical (unpaired) electrons. The van der Waals surface area contributed by atoms with Gasteiger partial charge in [-0.1, -0.05) is 6.07 Å². The zero-order valence-corrected chi connectivity index (χ0v) is 13.1. The van der Waals surface area contributed by atoms with Crippen LogP contribution in [-0.4, -0.2) is 40.2 Å². The van der Waals surface area contributed by atoms with Crippen LogP contribution in [0.15, 0.2) is 24.5 Å². The summed E-state index contributed by atoms with van der Waals surface area (Å²) in [6.07, 6.45) is 5.73. The number of ether oxygens (including phenoxy) is 1. The normalized spacial score (nSPS) is 18.4. The summed E-state index contributed by atoms with van der Waals surface area (Å²) in [5, 5.41) is 0. The van der Waals surface area contributed by atoms with Crippen molar-refractivity contribution in [2.45, 2.75) is 51.2 Å². The number of nitrogens with two attached hydrogens (primary N) is 1. The minimum Gasteiger partial charge on any atom is -0.444 e. The van der Waals surface area contributed by atoms with Gasteiger partial charge in [-0.25, -0.2) is 4.79 Å². The maximum absolute atomic E-state index is 12.0. The Bertz CT molecular complexity index is 474. The van der Waals surface area contributed by atoms with Gasteiger partial charge in [0.15, 0.2) is 0 Å². The third-order valence-electron chi connectivity index (χ3n) is 3.69. The van der Waals surface area contributed by atoms with Gasteiger partial charge in [-0.05, 0) is 51.7 Å². The molecule has 1 aromatic heterocycles. The fourth-order valence-electron chi connectivity index (χ4n) is 2.55. The first kappa shape index (κ1) is 15.8. The second-order valence-electron chi connectivity index (χ2n) is 6.87. The van der Waals surface area contributed by atoms with E-state index < -0.39 is 5.60 Å². The van der Waals surface area contributed by atoms with Gasteiger partial charge in [-0.15, -0.1) is 0 Å². The largest absolute Gasteiger partial charge is 0.444 e. The standard InChI is InChI=1S/C16H25N3O2/c1-15(2,3)21-14(20)19-9-6-16(17,7-10-19)11-13-5-4-8-18-12-13/h4-5,8,12H,6-7,9-11,17H2,1-3H3. The van der Waals surface area contributed by atoms with Crippen LogP contribution in [0.25, 0.3) is 0 Å². The van der Waals surface area contributed by atoms with Gasteiger partial charge in [0, 0.05) is 31.0 Å². The SMILES string of the molecule is CC(C)(C)OC(=O)N1CCC(N)(Cc2cccnc2)CC1. The van der Waals surface area contributed by atoms with Gasteiger partial charge in [0.1, 0.15) is 5.60 Å². The third-order valence-corrected chi connectivity index (χ3v) is 3.69. The van der Waals surface area contributed by atoms with Gasteiger partial charge < -0.3 is 15.4 Å². The number of amides is 1. The maximum Gasteiger partial charge on any atom is 0.410 e. The van der Waals surface area contributed by atoms with E-state index in [0.717, 1.165) is 24.8 Å². The van der Waals surface area contributed by atoms with Crippen LogP contribution in [0.2, 0.25) is 0 Å². The number of pyridine rings is 1. The molecule has 0 bridgehead atoms. The molecule has 2 N–H and O–H groups in total. The van der Waals surface area contributed by atoms with E-state index in [0.29, 0.717) is 13.1 Å². The molecule has 1 aliphatic heterocycles. The van der Waals surface area contributed by atoms with E-state index in [2.05, 4.69) is 4.98 Å². The number of hydrogen-bond donors (Lipinski definition) is 1. The second kappa shape index (κ2) is 6.02. The number of piperidine rings is 1. The lowest BCUT2D eigenvalue weighted by Crippen LogP contribution is -2.53. The van der Waals surface area contributed by atoms with E-state index in [1.807, 2.05) is 39.1 Å². The molecule has 5 heteroatoms. The molecule has 21 heavy (non-hydrogen) atoms. The predicted octanol–water partition coefficient (Wildman–Crippen LogP) is 2.35. The number of carbonyl (C=O) groups excluding carboxylic acids is 1. The molecule has 1 saturated heterocycles. The van der Waals surface area contributed by atoms with Crippen molar-refractivity contribution in [2.24, 2.45) is 5.73 Å². The van der Waals surface area contributed by atoms with E-state index >= 15 is 0 Å². The molecule has 0 aliphatic carbocycles. The Hall–Kier alpha value is -1.62. The summed E-state index contributed by atoms with van der Waals surface area (Å²) in [5.41, 5.74) is 6.90. The summed E-state index contributed by atoms with van der Waals surface area (Å²) in [6, 6.07) is 3.97. The highest BCUT2D eigenvalue weighted by atomic mass is 16.6. The van der Waals surface area contributed by atoms with Crippen LogP contribution in [0.3, 0.4) is 0 Å². The summed E-state index contributed by atoms with van der Waals surface area (Å²) >= 11 is 0. The fourth-order valence-corrected chi connectivity index (χ4v) is 2.55.